The fourth-order valence-corrected chi connectivity index (χ4v) is 3.90. The average Bonchev–Trinajstić information content (AvgIpc) is 2.75. The molecule has 2 rings (SSSR count). The van der Waals surface area contributed by atoms with Gasteiger partial charge in [0.05, 0.1) is 0 Å². The van der Waals surface area contributed by atoms with Crippen LogP contribution in [0.15, 0.2) is 0 Å². The van der Waals surface area contributed by atoms with E-state index in [0.717, 1.165) is 25.7 Å². The number of nitrogens with two attached hydrogens (primary N) is 1. The first-order valence-corrected chi connectivity index (χ1v) is 7.94. The number of nitrogens with one attached hydrogen (secondary N) is 1. The van der Waals surface area contributed by atoms with Gasteiger partial charge in [-0.25, -0.2) is 0 Å². The maximum atomic E-state index is 12.4. The second-order valence-corrected chi connectivity index (χ2v) is 7.64. The maximum absolute atomic E-state index is 12.4. The van der Waals surface area contributed by atoms with E-state index in [4.69, 9.17) is 5.73 Å². The molecule has 2 saturated carbocycles. The molecule has 0 aliphatic heterocycles. The summed E-state index contributed by atoms with van der Waals surface area (Å²) in [7, 11) is 0. The van der Waals surface area contributed by atoms with Crippen LogP contribution in [0.4, 0.5) is 0 Å². The Bertz CT molecular complexity index is 321. The molecule has 2 fully saturated rings. The molecule has 2 aliphatic carbocycles. The van der Waals surface area contributed by atoms with Crippen LogP contribution in [0.5, 0.6) is 0 Å². The predicted octanol–water partition coefficient (Wildman–Crippen LogP) is 2.83. The van der Waals surface area contributed by atoms with Crippen LogP contribution in [0, 0.1) is 17.3 Å². The van der Waals surface area contributed by atoms with Crippen LogP contribution in [0.25, 0.3) is 0 Å². The second-order valence-electron chi connectivity index (χ2n) is 7.64. The summed E-state index contributed by atoms with van der Waals surface area (Å²) in [6, 6.07) is 0.610. The lowest BCUT2D eigenvalue weighted by Crippen LogP contribution is -2.48. The van der Waals surface area contributed by atoms with Gasteiger partial charge < -0.3 is 11.1 Å². The van der Waals surface area contributed by atoms with Crippen LogP contribution in [0.1, 0.15) is 65.7 Å². The van der Waals surface area contributed by atoms with Gasteiger partial charge in [0.1, 0.15) is 0 Å². The third-order valence-corrected chi connectivity index (χ3v) is 5.05. The summed E-state index contributed by atoms with van der Waals surface area (Å²) >= 11 is 0. The molecular formula is C16H30N2O. The zero-order valence-corrected chi connectivity index (χ0v) is 12.7. The van der Waals surface area contributed by atoms with Crippen molar-refractivity contribution in [2.75, 3.05) is 0 Å². The highest BCUT2D eigenvalue weighted by Crippen LogP contribution is 2.38. The number of rotatable bonds is 2. The summed E-state index contributed by atoms with van der Waals surface area (Å²) in [6.07, 6.45) is 7.81. The highest BCUT2D eigenvalue weighted by molar-refractivity contribution is 5.79. The molecule has 1 amide bonds. The van der Waals surface area contributed by atoms with Gasteiger partial charge in [-0.1, -0.05) is 33.6 Å². The lowest BCUT2D eigenvalue weighted by atomic mass is 9.69. The van der Waals surface area contributed by atoms with Crippen LogP contribution in [-0.4, -0.2) is 18.0 Å². The molecule has 0 aromatic carbocycles. The van der Waals surface area contributed by atoms with E-state index in [9.17, 15) is 4.79 Å². The molecule has 0 bridgehead atoms. The highest BCUT2D eigenvalue weighted by atomic mass is 16.1. The third-order valence-electron chi connectivity index (χ3n) is 5.05. The molecule has 3 heteroatoms. The lowest BCUT2D eigenvalue weighted by Gasteiger charge is -2.41. The maximum Gasteiger partial charge on any atom is 0.223 e. The van der Waals surface area contributed by atoms with E-state index < -0.39 is 0 Å². The molecule has 0 aromatic rings. The van der Waals surface area contributed by atoms with Crippen molar-refractivity contribution >= 4 is 5.91 Å². The third kappa shape index (κ3) is 3.71. The lowest BCUT2D eigenvalue weighted by molar-refractivity contribution is -0.126. The quantitative estimate of drug-likeness (QED) is 0.807. The van der Waals surface area contributed by atoms with Gasteiger partial charge in [-0.2, -0.15) is 0 Å². The van der Waals surface area contributed by atoms with Crippen molar-refractivity contribution in [2.45, 2.75) is 77.8 Å². The Morgan fingerprint density at radius 2 is 1.79 bits per heavy atom. The van der Waals surface area contributed by atoms with E-state index in [1.807, 2.05) is 0 Å². The van der Waals surface area contributed by atoms with E-state index in [2.05, 4.69) is 26.1 Å². The van der Waals surface area contributed by atoms with Crippen molar-refractivity contribution in [3.8, 4) is 0 Å². The van der Waals surface area contributed by atoms with Gasteiger partial charge in [0, 0.05) is 18.0 Å². The first kappa shape index (κ1) is 14.8. The minimum Gasteiger partial charge on any atom is -0.353 e. The Labute approximate surface area is 117 Å². The zero-order chi connectivity index (χ0) is 14.0. The fraction of sp³-hybridized carbons (Fsp3) is 0.938. The SMILES string of the molecule is CC(C)(C)C1CCCCC1NC(=O)C1CCC(N)C1. The van der Waals surface area contributed by atoms with Gasteiger partial charge >= 0.3 is 0 Å². The first-order chi connectivity index (χ1) is 8.88. The fourth-order valence-electron chi connectivity index (χ4n) is 3.90. The molecule has 2 aliphatic rings. The van der Waals surface area contributed by atoms with E-state index in [1.54, 1.807) is 0 Å². The summed E-state index contributed by atoms with van der Waals surface area (Å²) < 4.78 is 0. The molecule has 0 saturated heterocycles. The summed E-state index contributed by atoms with van der Waals surface area (Å²) in [5, 5.41) is 3.34. The van der Waals surface area contributed by atoms with Crippen LogP contribution >= 0.6 is 0 Å². The molecular weight excluding hydrogens is 236 g/mol. The van der Waals surface area contributed by atoms with Gasteiger partial charge in [-0.15, -0.1) is 0 Å². The van der Waals surface area contributed by atoms with Crippen LogP contribution < -0.4 is 11.1 Å². The number of carbonyl (C=O) groups is 1. The van der Waals surface area contributed by atoms with Crippen molar-refractivity contribution in [3.05, 3.63) is 0 Å². The van der Waals surface area contributed by atoms with Crippen molar-refractivity contribution in [2.24, 2.45) is 23.0 Å². The standard InChI is InChI=1S/C16H30N2O/c1-16(2,3)13-6-4-5-7-14(13)18-15(19)11-8-9-12(17)10-11/h11-14H,4-10,17H2,1-3H3,(H,18,19). The van der Waals surface area contributed by atoms with Crippen molar-refractivity contribution in [1.82, 2.24) is 5.32 Å². The zero-order valence-electron chi connectivity index (χ0n) is 12.7. The van der Waals surface area contributed by atoms with E-state index >= 15 is 0 Å². The molecule has 4 atom stereocenters. The van der Waals surface area contributed by atoms with Crippen LogP contribution in [0.2, 0.25) is 0 Å². The Kier molecular flexibility index (Phi) is 4.54. The molecule has 0 aromatic heterocycles. The van der Waals surface area contributed by atoms with Gasteiger partial charge in [-0.3, -0.25) is 4.79 Å². The molecule has 4 unspecified atom stereocenters. The second kappa shape index (κ2) is 5.82. The highest BCUT2D eigenvalue weighted by Gasteiger charge is 2.36. The Hall–Kier alpha value is -0.570. The van der Waals surface area contributed by atoms with Crippen molar-refractivity contribution in [1.29, 1.82) is 0 Å². The number of hydrogen-bond donors (Lipinski definition) is 2. The number of amides is 1. The molecule has 0 spiro atoms. The average molecular weight is 266 g/mol. The summed E-state index contributed by atoms with van der Waals surface area (Å²) in [4.78, 5) is 12.4. The van der Waals surface area contributed by atoms with Crippen LogP contribution in [-0.2, 0) is 4.79 Å². The Balaban J connectivity index is 1.94. The van der Waals surface area contributed by atoms with Gasteiger partial charge in [0.15, 0.2) is 0 Å². The summed E-state index contributed by atoms with van der Waals surface area (Å²) in [5.74, 6) is 1.03. The largest absolute Gasteiger partial charge is 0.353 e. The smallest absolute Gasteiger partial charge is 0.223 e. The van der Waals surface area contributed by atoms with Gasteiger partial charge in [0.25, 0.3) is 0 Å². The first-order valence-electron chi connectivity index (χ1n) is 7.94. The van der Waals surface area contributed by atoms with Crippen LogP contribution in [0.3, 0.4) is 0 Å². The van der Waals surface area contributed by atoms with Crippen molar-refractivity contribution < 1.29 is 4.79 Å². The van der Waals surface area contributed by atoms with Gasteiger partial charge in [0.2, 0.25) is 5.91 Å². The Morgan fingerprint density at radius 3 is 2.37 bits per heavy atom. The molecule has 19 heavy (non-hydrogen) atoms. The predicted molar refractivity (Wildman–Crippen MR) is 78.7 cm³/mol. The summed E-state index contributed by atoms with van der Waals surface area (Å²) in [5.41, 5.74) is 6.19. The van der Waals surface area contributed by atoms with E-state index in [-0.39, 0.29) is 23.3 Å². The number of carbonyl (C=O) groups excluding carboxylic acids is 1. The summed E-state index contributed by atoms with van der Waals surface area (Å²) in [6.45, 7) is 6.90. The monoisotopic (exact) mass is 266 g/mol. The van der Waals surface area contributed by atoms with E-state index in [0.29, 0.717) is 12.0 Å². The normalized spacial score (nSPS) is 36.2. The number of hydrogen-bond acceptors (Lipinski definition) is 2. The molecule has 3 N–H and O–H groups in total. The minimum absolute atomic E-state index is 0.164. The molecule has 0 heterocycles. The Morgan fingerprint density at radius 1 is 1.11 bits per heavy atom. The van der Waals surface area contributed by atoms with E-state index in [1.165, 1.54) is 19.3 Å². The van der Waals surface area contributed by atoms with Gasteiger partial charge in [-0.05, 0) is 43.4 Å². The molecule has 0 radical (unpaired) electrons. The molecule has 3 nitrogen and oxygen atoms in total. The minimum atomic E-state index is 0.164. The topological polar surface area (TPSA) is 55.1 Å². The molecule has 110 valence electrons. The van der Waals surface area contributed by atoms with Crippen molar-refractivity contribution in [3.63, 3.8) is 0 Å².